The van der Waals surface area contributed by atoms with Gasteiger partial charge >= 0.3 is 6.18 Å². The molecule has 0 aromatic heterocycles. The Morgan fingerprint density at radius 3 is 2.64 bits per heavy atom. The number of alkyl halides is 3. The molecule has 0 N–H and O–H groups in total. The van der Waals surface area contributed by atoms with E-state index in [1.54, 1.807) is 11.8 Å². The van der Waals surface area contributed by atoms with Crippen LogP contribution in [0, 0.1) is 5.92 Å². The van der Waals surface area contributed by atoms with Crippen LogP contribution in [-0.2, 0) is 4.79 Å². The van der Waals surface area contributed by atoms with E-state index in [1.165, 1.54) is 0 Å². The highest BCUT2D eigenvalue weighted by atomic mass is 32.2. The second-order valence-electron chi connectivity index (χ2n) is 3.50. The fraction of sp³-hybridized carbons (Fsp3) is 0.889. The van der Waals surface area contributed by atoms with Crippen LogP contribution in [0.4, 0.5) is 13.2 Å². The first-order valence-electron chi connectivity index (χ1n) is 4.66. The fourth-order valence-electron chi connectivity index (χ4n) is 1.46. The number of halogens is 3. The molecule has 1 heterocycles. The average molecular weight is 226 g/mol. The van der Waals surface area contributed by atoms with Crippen molar-refractivity contribution in [1.82, 2.24) is 0 Å². The maximum absolute atomic E-state index is 11.8. The Morgan fingerprint density at radius 1 is 1.43 bits per heavy atom. The summed E-state index contributed by atoms with van der Waals surface area (Å²) >= 11 is 1.71. The molecule has 14 heavy (non-hydrogen) atoms. The Morgan fingerprint density at radius 2 is 2.14 bits per heavy atom. The maximum atomic E-state index is 11.8. The minimum atomic E-state index is -4.12. The molecule has 1 rings (SSSR count). The first kappa shape index (κ1) is 11.9. The lowest BCUT2D eigenvalue weighted by Crippen LogP contribution is -2.15. The summed E-state index contributed by atoms with van der Waals surface area (Å²) in [6.45, 7) is 0. The van der Waals surface area contributed by atoms with E-state index in [-0.39, 0.29) is 24.5 Å². The molecule has 1 aliphatic heterocycles. The van der Waals surface area contributed by atoms with E-state index in [1.807, 2.05) is 0 Å². The Balaban J connectivity index is 2.15. The number of hydrogen-bond donors (Lipinski definition) is 0. The quantitative estimate of drug-likeness (QED) is 0.733. The topological polar surface area (TPSA) is 17.1 Å². The summed E-state index contributed by atoms with van der Waals surface area (Å²) in [5, 5.41) is 0. The van der Waals surface area contributed by atoms with E-state index in [4.69, 9.17) is 0 Å². The molecule has 82 valence electrons. The Kier molecular flexibility index (Phi) is 4.29. The molecule has 0 bridgehead atoms. The van der Waals surface area contributed by atoms with Gasteiger partial charge in [0.2, 0.25) is 0 Å². The molecule has 0 aromatic rings. The molecule has 1 atom stereocenters. The number of thioether (sulfide) groups is 1. The number of carbonyl (C=O) groups excluding carboxylic acids is 1. The molecule has 1 unspecified atom stereocenters. The molecule has 0 saturated carbocycles. The van der Waals surface area contributed by atoms with Gasteiger partial charge in [-0.3, -0.25) is 4.79 Å². The number of hydrogen-bond acceptors (Lipinski definition) is 2. The highest BCUT2D eigenvalue weighted by Crippen LogP contribution is 2.27. The summed E-state index contributed by atoms with van der Waals surface area (Å²) in [5.74, 6) is 1.80. The molecule has 0 aromatic carbocycles. The second-order valence-corrected chi connectivity index (χ2v) is 4.65. The minimum absolute atomic E-state index is 0.0132. The SMILES string of the molecule is O=C(CCCC(F)(F)F)C1CCSC1. The van der Waals surface area contributed by atoms with E-state index < -0.39 is 12.6 Å². The van der Waals surface area contributed by atoms with Crippen molar-refractivity contribution in [2.75, 3.05) is 11.5 Å². The summed E-state index contributed by atoms with van der Waals surface area (Å²) in [4.78, 5) is 11.4. The van der Waals surface area contributed by atoms with Crippen molar-refractivity contribution in [2.45, 2.75) is 31.9 Å². The normalized spacial score (nSPS) is 22.6. The van der Waals surface area contributed by atoms with Crippen LogP contribution in [0.15, 0.2) is 0 Å². The molecular formula is C9H13F3OS. The predicted octanol–water partition coefficient (Wildman–Crippen LogP) is 3.04. The molecule has 1 aliphatic rings. The lowest BCUT2D eigenvalue weighted by atomic mass is 9.99. The Labute approximate surface area is 85.4 Å². The van der Waals surface area contributed by atoms with Gasteiger partial charge in [0, 0.05) is 24.5 Å². The number of rotatable bonds is 4. The van der Waals surface area contributed by atoms with Gasteiger partial charge < -0.3 is 0 Å². The van der Waals surface area contributed by atoms with Gasteiger partial charge in [0.05, 0.1) is 0 Å². The van der Waals surface area contributed by atoms with Gasteiger partial charge in [-0.25, -0.2) is 0 Å². The Hall–Kier alpha value is -0.190. The molecule has 0 aliphatic carbocycles. The lowest BCUT2D eigenvalue weighted by Gasteiger charge is -2.08. The van der Waals surface area contributed by atoms with Crippen LogP contribution in [0.5, 0.6) is 0 Å². The number of carbonyl (C=O) groups is 1. The molecule has 1 nitrogen and oxygen atoms in total. The number of Topliss-reactive ketones (excluding diaryl/α,β-unsaturated/α-hetero) is 1. The zero-order valence-corrected chi connectivity index (χ0v) is 8.59. The van der Waals surface area contributed by atoms with Crippen molar-refractivity contribution >= 4 is 17.5 Å². The van der Waals surface area contributed by atoms with Gasteiger partial charge in [-0.2, -0.15) is 24.9 Å². The van der Waals surface area contributed by atoms with Gasteiger partial charge in [-0.05, 0) is 18.6 Å². The summed E-state index contributed by atoms with van der Waals surface area (Å²) < 4.78 is 35.3. The summed E-state index contributed by atoms with van der Waals surface area (Å²) in [7, 11) is 0. The zero-order chi connectivity index (χ0) is 10.6. The Bertz CT molecular complexity index is 197. The third kappa shape index (κ3) is 4.35. The maximum Gasteiger partial charge on any atom is 0.389 e. The van der Waals surface area contributed by atoms with Crippen molar-refractivity contribution < 1.29 is 18.0 Å². The summed E-state index contributed by atoms with van der Waals surface area (Å²) in [6.07, 6.45) is -4.08. The monoisotopic (exact) mass is 226 g/mol. The lowest BCUT2D eigenvalue weighted by molar-refractivity contribution is -0.137. The van der Waals surface area contributed by atoms with E-state index in [0.29, 0.717) is 0 Å². The van der Waals surface area contributed by atoms with Gasteiger partial charge in [0.25, 0.3) is 0 Å². The second kappa shape index (κ2) is 5.05. The summed E-state index contributed by atoms with van der Waals surface area (Å²) in [5.41, 5.74) is 0. The molecular weight excluding hydrogens is 213 g/mol. The summed E-state index contributed by atoms with van der Waals surface area (Å²) in [6, 6.07) is 0. The van der Waals surface area contributed by atoms with Crippen LogP contribution < -0.4 is 0 Å². The van der Waals surface area contributed by atoms with Crippen LogP contribution >= 0.6 is 11.8 Å². The molecule has 0 spiro atoms. The molecule has 5 heteroatoms. The smallest absolute Gasteiger partial charge is 0.299 e. The van der Waals surface area contributed by atoms with Crippen LogP contribution in [0.2, 0.25) is 0 Å². The van der Waals surface area contributed by atoms with Crippen LogP contribution in [0.25, 0.3) is 0 Å². The number of ketones is 1. The van der Waals surface area contributed by atoms with Crippen molar-refractivity contribution in [3.05, 3.63) is 0 Å². The van der Waals surface area contributed by atoms with Gasteiger partial charge in [-0.1, -0.05) is 0 Å². The largest absolute Gasteiger partial charge is 0.389 e. The predicted molar refractivity (Wildman–Crippen MR) is 50.3 cm³/mol. The van der Waals surface area contributed by atoms with Crippen LogP contribution in [0.1, 0.15) is 25.7 Å². The fourth-order valence-corrected chi connectivity index (χ4v) is 2.71. The third-order valence-electron chi connectivity index (χ3n) is 2.27. The van der Waals surface area contributed by atoms with Crippen LogP contribution in [0.3, 0.4) is 0 Å². The first-order valence-corrected chi connectivity index (χ1v) is 5.82. The highest BCUT2D eigenvalue weighted by molar-refractivity contribution is 7.99. The molecule has 1 fully saturated rings. The van der Waals surface area contributed by atoms with Crippen molar-refractivity contribution in [3.63, 3.8) is 0 Å². The van der Waals surface area contributed by atoms with E-state index >= 15 is 0 Å². The molecule has 1 saturated heterocycles. The van der Waals surface area contributed by atoms with Gasteiger partial charge in [0.1, 0.15) is 5.78 Å². The van der Waals surface area contributed by atoms with Gasteiger partial charge in [0.15, 0.2) is 0 Å². The molecule has 0 radical (unpaired) electrons. The van der Waals surface area contributed by atoms with Crippen molar-refractivity contribution in [2.24, 2.45) is 5.92 Å². The van der Waals surface area contributed by atoms with E-state index in [0.717, 1.165) is 17.9 Å². The first-order chi connectivity index (χ1) is 6.49. The molecule has 0 amide bonds. The van der Waals surface area contributed by atoms with Gasteiger partial charge in [-0.15, -0.1) is 0 Å². The average Bonchev–Trinajstić information content (AvgIpc) is 2.53. The standard InChI is InChI=1S/C9H13F3OS/c10-9(11,12)4-1-2-8(13)7-3-5-14-6-7/h7H,1-6H2. The highest BCUT2D eigenvalue weighted by Gasteiger charge is 2.28. The third-order valence-corrected chi connectivity index (χ3v) is 3.43. The van der Waals surface area contributed by atoms with Crippen molar-refractivity contribution in [3.8, 4) is 0 Å². The minimum Gasteiger partial charge on any atom is -0.299 e. The van der Waals surface area contributed by atoms with E-state index in [9.17, 15) is 18.0 Å². The van der Waals surface area contributed by atoms with E-state index in [2.05, 4.69) is 0 Å². The van der Waals surface area contributed by atoms with Crippen molar-refractivity contribution in [1.29, 1.82) is 0 Å². The van der Waals surface area contributed by atoms with Crippen LogP contribution in [-0.4, -0.2) is 23.5 Å². The zero-order valence-electron chi connectivity index (χ0n) is 7.77.